The fraction of sp³-hybridized carbons (Fsp3) is 0.455. The van der Waals surface area contributed by atoms with Crippen LogP contribution in [-0.2, 0) is 0 Å². The maximum atomic E-state index is 8.92. The van der Waals surface area contributed by atoms with E-state index in [4.69, 9.17) is 5.26 Å². The molecule has 0 aliphatic heterocycles. The van der Waals surface area contributed by atoms with Gasteiger partial charge >= 0.3 is 0 Å². The zero-order valence-corrected chi connectivity index (χ0v) is 7.90. The molecule has 0 N–H and O–H groups in total. The fourth-order valence-electron chi connectivity index (χ4n) is 1.27. The summed E-state index contributed by atoms with van der Waals surface area (Å²) in [4.78, 5) is 4.18. The van der Waals surface area contributed by atoms with Crippen molar-refractivity contribution in [2.24, 2.45) is 0 Å². The van der Waals surface area contributed by atoms with Gasteiger partial charge in [0.25, 0.3) is 0 Å². The molecule has 0 spiro atoms. The molecule has 0 radical (unpaired) electrons. The van der Waals surface area contributed by atoms with Crippen LogP contribution in [0, 0.1) is 11.3 Å². The molecule has 0 aromatic carbocycles. The van der Waals surface area contributed by atoms with E-state index >= 15 is 0 Å². The highest BCUT2D eigenvalue weighted by molar-refractivity contribution is 5.16. The highest BCUT2D eigenvalue weighted by Crippen LogP contribution is 2.18. The Balaban J connectivity index is 2.63. The van der Waals surface area contributed by atoms with E-state index in [9.17, 15) is 0 Å². The van der Waals surface area contributed by atoms with E-state index in [2.05, 4.69) is 18.0 Å². The molecule has 13 heavy (non-hydrogen) atoms. The second-order valence-corrected chi connectivity index (χ2v) is 3.08. The van der Waals surface area contributed by atoms with Gasteiger partial charge in [-0.15, -0.1) is 0 Å². The highest BCUT2D eigenvalue weighted by Gasteiger charge is 2.09. The Bertz CT molecular complexity index is 274. The first-order valence-electron chi connectivity index (χ1n) is 4.69. The largest absolute Gasteiger partial charge is 0.260 e. The lowest BCUT2D eigenvalue weighted by molar-refractivity contribution is 0.659. The highest BCUT2D eigenvalue weighted by atomic mass is 14.7. The topological polar surface area (TPSA) is 36.7 Å². The molecule has 0 unspecified atom stereocenters. The Labute approximate surface area is 79.2 Å². The van der Waals surface area contributed by atoms with Crippen molar-refractivity contribution in [1.82, 2.24) is 4.98 Å². The molecule has 0 amide bonds. The Morgan fingerprint density at radius 3 is 2.92 bits per heavy atom. The Hall–Kier alpha value is -1.36. The summed E-state index contributed by atoms with van der Waals surface area (Å²) < 4.78 is 0. The molecule has 0 aliphatic rings. The number of unbranched alkanes of at least 4 members (excludes halogenated alkanes) is 1. The van der Waals surface area contributed by atoms with Gasteiger partial charge in [0, 0.05) is 6.20 Å². The lowest BCUT2D eigenvalue weighted by Crippen LogP contribution is -1.97. The van der Waals surface area contributed by atoms with Gasteiger partial charge in [-0.25, -0.2) is 0 Å². The van der Waals surface area contributed by atoms with E-state index in [-0.39, 0.29) is 5.92 Å². The molecular weight excluding hydrogens is 160 g/mol. The first-order chi connectivity index (χ1) is 6.38. The van der Waals surface area contributed by atoms with Crippen molar-refractivity contribution >= 4 is 0 Å². The van der Waals surface area contributed by atoms with Crippen molar-refractivity contribution in [2.45, 2.75) is 32.1 Å². The van der Waals surface area contributed by atoms with Crippen LogP contribution in [0.4, 0.5) is 0 Å². The van der Waals surface area contributed by atoms with Crippen molar-refractivity contribution in [1.29, 1.82) is 5.26 Å². The van der Waals surface area contributed by atoms with Crippen LogP contribution in [0.1, 0.15) is 37.8 Å². The van der Waals surface area contributed by atoms with Crippen LogP contribution < -0.4 is 0 Å². The molecule has 68 valence electrons. The van der Waals surface area contributed by atoms with Gasteiger partial charge in [-0.05, 0) is 18.6 Å². The second-order valence-electron chi connectivity index (χ2n) is 3.08. The van der Waals surface area contributed by atoms with Gasteiger partial charge in [-0.3, -0.25) is 4.98 Å². The van der Waals surface area contributed by atoms with Crippen molar-refractivity contribution in [3.05, 3.63) is 30.1 Å². The van der Waals surface area contributed by atoms with Crippen molar-refractivity contribution < 1.29 is 0 Å². The third-order valence-corrected chi connectivity index (χ3v) is 2.05. The predicted molar refractivity (Wildman–Crippen MR) is 52.1 cm³/mol. The smallest absolute Gasteiger partial charge is 0.0884 e. The molecular formula is C11H14N2. The number of hydrogen-bond acceptors (Lipinski definition) is 2. The van der Waals surface area contributed by atoms with Gasteiger partial charge in [0.05, 0.1) is 17.7 Å². The summed E-state index contributed by atoms with van der Waals surface area (Å²) in [7, 11) is 0. The zero-order chi connectivity index (χ0) is 9.52. The number of rotatable bonds is 4. The minimum Gasteiger partial charge on any atom is -0.260 e. The Morgan fingerprint density at radius 1 is 1.54 bits per heavy atom. The van der Waals surface area contributed by atoms with Crippen LogP contribution in [0.3, 0.4) is 0 Å². The molecule has 0 bridgehead atoms. The van der Waals surface area contributed by atoms with Gasteiger partial charge in [0.15, 0.2) is 0 Å². The number of aromatic nitrogens is 1. The first-order valence-corrected chi connectivity index (χ1v) is 4.69. The zero-order valence-electron chi connectivity index (χ0n) is 7.90. The van der Waals surface area contributed by atoms with E-state index in [1.807, 2.05) is 18.2 Å². The van der Waals surface area contributed by atoms with Crippen molar-refractivity contribution in [2.75, 3.05) is 0 Å². The number of nitrogens with zero attached hydrogens (tertiary/aromatic N) is 2. The van der Waals surface area contributed by atoms with Gasteiger partial charge in [-0.2, -0.15) is 5.26 Å². The second kappa shape index (κ2) is 5.31. The Kier molecular flexibility index (Phi) is 3.98. The molecule has 0 aliphatic carbocycles. The van der Waals surface area contributed by atoms with Crippen LogP contribution in [-0.4, -0.2) is 4.98 Å². The first kappa shape index (κ1) is 9.73. The van der Waals surface area contributed by atoms with E-state index in [0.717, 1.165) is 25.0 Å². The molecule has 1 heterocycles. The molecule has 0 fully saturated rings. The van der Waals surface area contributed by atoms with Crippen molar-refractivity contribution in [3.63, 3.8) is 0 Å². The lowest BCUT2D eigenvalue weighted by atomic mass is 10.00. The summed E-state index contributed by atoms with van der Waals surface area (Å²) >= 11 is 0. The molecule has 2 nitrogen and oxygen atoms in total. The normalized spacial score (nSPS) is 12.0. The summed E-state index contributed by atoms with van der Waals surface area (Å²) in [5, 5.41) is 8.92. The van der Waals surface area contributed by atoms with E-state index in [1.165, 1.54) is 0 Å². The monoisotopic (exact) mass is 174 g/mol. The SMILES string of the molecule is CCCC[C@H](C#N)c1ccccn1. The van der Waals surface area contributed by atoms with Crippen molar-refractivity contribution in [3.8, 4) is 6.07 Å². The van der Waals surface area contributed by atoms with Crippen LogP contribution in [0.5, 0.6) is 0 Å². The Morgan fingerprint density at radius 2 is 2.38 bits per heavy atom. The maximum Gasteiger partial charge on any atom is 0.0884 e. The fourth-order valence-corrected chi connectivity index (χ4v) is 1.27. The third-order valence-electron chi connectivity index (χ3n) is 2.05. The standard InChI is InChI=1S/C11H14N2/c1-2-3-6-10(9-12)11-7-4-5-8-13-11/h4-5,7-8,10H,2-3,6H2,1H3/t10-/m1/s1. The van der Waals surface area contributed by atoms with E-state index in [1.54, 1.807) is 6.20 Å². The molecule has 0 saturated heterocycles. The van der Waals surface area contributed by atoms with Gasteiger partial charge in [0.1, 0.15) is 0 Å². The molecule has 1 atom stereocenters. The summed E-state index contributed by atoms with van der Waals surface area (Å²) in [6, 6.07) is 8.01. The van der Waals surface area contributed by atoms with E-state index in [0.29, 0.717) is 0 Å². The van der Waals surface area contributed by atoms with Crippen LogP contribution in [0.15, 0.2) is 24.4 Å². The summed E-state index contributed by atoms with van der Waals surface area (Å²) in [5.74, 6) is -0.0267. The third kappa shape index (κ3) is 2.87. The van der Waals surface area contributed by atoms with Crippen LogP contribution in [0.2, 0.25) is 0 Å². The minimum absolute atomic E-state index is 0.0267. The lowest BCUT2D eigenvalue weighted by Gasteiger charge is -2.06. The van der Waals surface area contributed by atoms with Gasteiger partial charge in [0.2, 0.25) is 0 Å². The average molecular weight is 174 g/mol. The predicted octanol–water partition coefficient (Wildman–Crippen LogP) is 2.88. The maximum absolute atomic E-state index is 8.92. The molecule has 1 aromatic rings. The average Bonchev–Trinajstić information content (AvgIpc) is 2.21. The van der Waals surface area contributed by atoms with Gasteiger partial charge < -0.3 is 0 Å². The minimum atomic E-state index is -0.0267. The quantitative estimate of drug-likeness (QED) is 0.703. The number of pyridine rings is 1. The molecule has 2 heteroatoms. The van der Waals surface area contributed by atoms with Crippen LogP contribution >= 0.6 is 0 Å². The molecule has 0 saturated carbocycles. The number of hydrogen-bond donors (Lipinski definition) is 0. The number of nitriles is 1. The summed E-state index contributed by atoms with van der Waals surface area (Å²) in [6.45, 7) is 2.13. The summed E-state index contributed by atoms with van der Waals surface area (Å²) in [6.07, 6.45) is 4.88. The molecule has 1 aromatic heterocycles. The summed E-state index contributed by atoms with van der Waals surface area (Å²) in [5.41, 5.74) is 0.901. The van der Waals surface area contributed by atoms with Crippen LogP contribution in [0.25, 0.3) is 0 Å². The van der Waals surface area contributed by atoms with Gasteiger partial charge in [-0.1, -0.05) is 25.8 Å². The molecule has 1 rings (SSSR count). The van der Waals surface area contributed by atoms with E-state index < -0.39 is 0 Å².